The van der Waals surface area contributed by atoms with Crippen molar-refractivity contribution in [3.63, 3.8) is 0 Å². The second kappa shape index (κ2) is 10.8. The molecule has 150 valence electrons. The highest BCUT2D eigenvalue weighted by Crippen LogP contribution is 2.33. The average Bonchev–Trinajstić information content (AvgIpc) is 3.08. The quantitative estimate of drug-likeness (QED) is 0.492. The molecule has 0 aromatic carbocycles. The Morgan fingerprint density at radius 1 is 1.04 bits per heavy atom. The van der Waals surface area contributed by atoms with Crippen molar-refractivity contribution in [1.82, 2.24) is 0 Å². The van der Waals surface area contributed by atoms with Crippen molar-refractivity contribution < 1.29 is 19.0 Å². The maximum absolute atomic E-state index is 9.01. The molecule has 4 nitrogen and oxygen atoms in total. The zero-order valence-electron chi connectivity index (χ0n) is 17.0. The summed E-state index contributed by atoms with van der Waals surface area (Å²) < 4.78 is 19.6. The first-order valence-electron chi connectivity index (χ1n) is 10.5. The van der Waals surface area contributed by atoms with Gasteiger partial charge in [-0.2, -0.15) is 0 Å². The summed E-state index contributed by atoms with van der Waals surface area (Å²) in [6.07, 6.45) is 12.4. The summed E-state index contributed by atoms with van der Waals surface area (Å²) in [7, 11) is -1.67. The van der Waals surface area contributed by atoms with Gasteiger partial charge in [-0.25, -0.2) is 0 Å². The van der Waals surface area contributed by atoms with Crippen LogP contribution in [-0.4, -0.2) is 50.6 Å². The monoisotopic (exact) mass is 382 g/mol. The van der Waals surface area contributed by atoms with E-state index in [1.54, 1.807) is 6.08 Å². The van der Waals surface area contributed by atoms with Crippen LogP contribution in [0.3, 0.4) is 0 Å². The van der Waals surface area contributed by atoms with E-state index in [9.17, 15) is 0 Å². The fourth-order valence-electron chi connectivity index (χ4n) is 4.16. The lowest BCUT2D eigenvalue weighted by atomic mass is 10.1. The molecule has 0 aromatic heterocycles. The molecular weight excluding hydrogens is 344 g/mol. The van der Waals surface area contributed by atoms with Gasteiger partial charge in [-0.3, -0.25) is 0 Å². The van der Waals surface area contributed by atoms with E-state index in [4.69, 9.17) is 19.0 Å². The molecule has 0 radical (unpaired) electrons. The van der Waals surface area contributed by atoms with E-state index < -0.39 is 8.32 Å². The van der Waals surface area contributed by atoms with Crippen LogP contribution in [0.1, 0.15) is 53.4 Å². The van der Waals surface area contributed by atoms with Crippen LogP contribution in [0, 0.1) is 0 Å². The maximum atomic E-state index is 9.01. The number of aliphatic hydroxyl groups is 1. The molecule has 5 heteroatoms. The maximum Gasteiger partial charge on any atom is 0.192 e. The van der Waals surface area contributed by atoms with Gasteiger partial charge in [-0.1, -0.05) is 52.0 Å². The Morgan fingerprint density at radius 2 is 1.73 bits per heavy atom. The third-order valence-electron chi connectivity index (χ3n) is 6.09. The van der Waals surface area contributed by atoms with Crippen LogP contribution in [0.2, 0.25) is 18.1 Å². The normalized spacial score (nSPS) is 34.3. The van der Waals surface area contributed by atoms with Gasteiger partial charge in [0, 0.05) is 6.42 Å². The summed E-state index contributed by atoms with van der Waals surface area (Å²) in [5, 5.41) is 9.01. The molecule has 0 aromatic rings. The van der Waals surface area contributed by atoms with Gasteiger partial charge in [-0.05, 0) is 37.4 Å². The zero-order chi connectivity index (χ0) is 19.0. The molecule has 2 aliphatic rings. The third kappa shape index (κ3) is 5.52. The topological polar surface area (TPSA) is 47.9 Å². The second-order valence-corrected chi connectivity index (χ2v) is 12.2. The summed E-state index contributed by atoms with van der Waals surface area (Å²) in [6, 6.07) is 3.50. The van der Waals surface area contributed by atoms with Gasteiger partial charge in [0.25, 0.3) is 0 Å². The molecule has 0 amide bonds. The molecule has 0 spiro atoms. The van der Waals surface area contributed by atoms with Crippen molar-refractivity contribution in [2.24, 2.45) is 0 Å². The van der Waals surface area contributed by atoms with Crippen molar-refractivity contribution in [3.05, 3.63) is 24.3 Å². The Balaban J connectivity index is 2.12. The molecule has 2 rings (SSSR count). The number of fused-ring (bicyclic) bond motifs is 1. The fraction of sp³-hybridized carbons (Fsp3) is 0.810. The van der Waals surface area contributed by atoms with Gasteiger partial charge in [0.2, 0.25) is 0 Å². The van der Waals surface area contributed by atoms with Gasteiger partial charge in [0.1, 0.15) is 0 Å². The van der Waals surface area contributed by atoms with Crippen LogP contribution in [0.4, 0.5) is 0 Å². The van der Waals surface area contributed by atoms with Gasteiger partial charge in [0.15, 0.2) is 8.32 Å². The number of aliphatic hydroxyl groups excluding tert-OH is 1. The lowest BCUT2D eigenvalue weighted by Crippen LogP contribution is -2.45. The van der Waals surface area contributed by atoms with Gasteiger partial charge < -0.3 is 19.0 Å². The fourth-order valence-corrected chi connectivity index (χ4v) is 7.05. The predicted molar refractivity (Wildman–Crippen MR) is 109 cm³/mol. The van der Waals surface area contributed by atoms with E-state index in [2.05, 4.69) is 39.8 Å². The van der Waals surface area contributed by atoms with E-state index in [-0.39, 0.29) is 37.1 Å². The van der Waals surface area contributed by atoms with E-state index in [1.165, 1.54) is 18.1 Å². The highest BCUT2D eigenvalue weighted by atomic mass is 28.4. The summed E-state index contributed by atoms with van der Waals surface area (Å²) >= 11 is 0. The first-order chi connectivity index (χ1) is 12.6. The zero-order valence-corrected chi connectivity index (χ0v) is 18.0. The molecular formula is C21H38O4Si. The van der Waals surface area contributed by atoms with E-state index in [0.717, 1.165) is 25.7 Å². The molecule has 1 fully saturated rings. The molecule has 0 aliphatic carbocycles. The number of hydrogen-bond donors (Lipinski definition) is 1. The highest BCUT2D eigenvalue weighted by Gasteiger charge is 2.40. The van der Waals surface area contributed by atoms with Crippen LogP contribution in [-0.2, 0) is 13.9 Å². The minimum atomic E-state index is -1.67. The molecule has 2 aliphatic heterocycles. The highest BCUT2D eigenvalue weighted by molar-refractivity contribution is 6.73. The number of rotatable bonds is 8. The van der Waals surface area contributed by atoms with Gasteiger partial charge >= 0.3 is 0 Å². The van der Waals surface area contributed by atoms with Gasteiger partial charge in [-0.15, -0.1) is 0 Å². The smallest absolute Gasteiger partial charge is 0.192 e. The molecule has 1 saturated heterocycles. The molecule has 5 atom stereocenters. The standard InChI is InChI=1S/C21H38O4Si/c1-5-18-20(25-26(6-2,7-3)8-4)14-10-9-13-19-21(24-18)16-17(23-19)12-11-15-22/h9-12,17-22H,5-8,13-16H2,1-4H3/b10-9-,12-11+/t17-,18+,19-,20-,21-/m0/s1. The minimum Gasteiger partial charge on any atom is -0.411 e. The third-order valence-corrected chi connectivity index (χ3v) is 10.8. The van der Waals surface area contributed by atoms with Crippen molar-refractivity contribution >= 4 is 8.32 Å². The minimum absolute atomic E-state index is 0.0391. The number of ether oxygens (including phenoxy) is 2. The Hall–Kier alpha value is -0.463. The van der Waals surface area contributed by atoms with Crippen molar-refractivity contribution in [2.45, 2.75) is 102 Å². The van der Waals surface area contributed by atoms with Crippen LogP contribution >= 0.6 is 0 Å². The Kier molecular flexibility index (Phi) is 9.04. The lowest BCUT2D eigenvalue weighted by Gasteiger charge is -2.37. The first-order valence-corrected chi connectivity index (χ1v) is 13.1. The van der Waals surface area contributed by atoms with Crippen molar-refractivity contribution in [3.8, 4) is 0 Å². The van der Waals surface area contributed by atoms with Crippen LogP contribution in [0.5, 0.6) is 0 Å². The largest absolute Gasteiger partial charge is 0.411 e. The summed E-state index contributed by atoms with van der Waals surface area (Å²) in [5.74, 6) is 0. The summed E-state index contributed by atoms with van der Waals surface area (Å²) in [4.78, 5) is 0. The average molecular weight is 383 g/mol. The lowest BCUT2D eigenvalue weighted by molar-refractivity contribution is -0.0921. The molecule has 0 bridgehead atoms. The summed E-state index contributed by atoms with van der Waals surface area (Å²) in [5.41, 5.74) is 0. The van der Waals surface area contributed by atoms with E-state index in [1.807, 2.05) is 6.08 Å². The summed E-state index contributed by atoms with van der Waals surface area (Å²) in [6.45, 7) is 9.10. The predicted octanol–water partition coefficient (Wildman–Crippen LogP) is 4.60. The van der Waals surface area contributed by atoms with Crippen molar-refractivity contribution in [1.29, 1.82) is 0 Å². The van der Waals surface area contributed by atoms with Crippen molar-refractivity contribution in [2.75, 3.05) is 6.61 Å². The van der Waals surface area contributed by atoms with Gasteiger partial charge in [0.05, 0.1) is 37.1 Å². The van der Waals surface area contributed by atoms with Crippen LogP contribution < -0.4 is 0 Å². The first kappa shape index (κ1) is 21.8. The second-order valence-electron chi connectivity index (χ2n) is 7.52. The molecule has 0 saturated carbocycles. The Labute approximate surface area is 160 Å². The van der Waals surface area contributed by atoms with E-state index in [0.29, 0.717) is 0 Å². The molecule has 0 unspecified atom stereocenters. The Morgan fingerprint density at radius 3 is 2.35 bits per heavy atom. The number of hydrogen-bond acceptors (Lipinski definition) is 4. The molecule has 2 heterocycles. The molecule has 1 N–H and O–H groups in total. The Bertz CT molecular complexity index is 453. The SMILES string of the molecule is CC[C@H]1O[C@H]2C[C@H](/C=C/CO)O[C@H]2C/C=C\C[C@@H]1O[Si](CC)(CC)CC. The van der Waals surface area contributed by atoms with Crippen LogP contribution in [0.25, 0.3) is 0 Å². The molecule has 26 heavy (non-hydrogen) atoms. The van der Waals surface area contributed by atoms with Crippen LogP contribution in [0.15, 0.2) is 24.3 Å². The van der Waals surface area contributed by atoms with E-state index >= 15 is 0 Å².